The highest BCUT2D eigenvalue weighted by molar-refractivity contribution is 6.30. The van der Waals surface area contributed by atoms with Crippen molar-refractivity contribution < 1.29 is 14.3 Å². The molecule has 4 aromatic rings. The van der Waals surface area contributed by atoms with Crippen LogP contribution in [0.3, 0.4) is 0 Å². The Bertz CT molecular complexity index is 1250. The summed E-state index contributed by atoms with van der Waals surface area (Å²) < 4.78 is 11.3. The molecule has 4 rings (SSSR count). The predicted molar refractivity (Wildman–Crippen MR) is 128 cm³/mol. The first-order valence-corrected chi connectivity index (χ1v) is 10.5. The minimum Gasteiger partial charge on any atom is -0.493 e. The van der Waals surface area contributed by atoms with Crippen LogP contribution in [-0.4, -0.2) is 29.4 Å². The third-order valence-corrected chi connectivity index (χ3v) is 5.02. The number of ether oxygens (including phenoxy) is 2. The van der Waals surface area contributed by atoms with E-state index in [4.69, 9.17) is 21.1 Å². The van der Waals surface area contributed by atoms with Crippen molar-refractivity contribution in [2.45, 2.75) is 6.61 Å². The van der Waals surface area contributed by atoms with Gasteiger partial charge in [-0.1, -0.05) is 54.1 Å². The molecule has 3 aromatic carbocycles. The van der Waals surface area contributed by atoms with E-state index in [2.05, 4.69) is 20.7 Å². The second-order valence-electron chi connectivity index (χ2n) is 7.06. The van der Waals surface area contributed by atoms with Crippen LogP contribution in [0.25, 0.3) is 11.3 Å². The maximum Gasteiger partial charge on any atom is 0.289 e. The second kappa shape index (κ2) is 10.5. The normalized spacial score (nSPS) is 10.8. The van der Waals surface area contributed by atoms with Crippen molar-refractivity contribution in [1.29, 1.82) is 0 Å². The molecule has 0 fully saturated rings. The molecule has 0 radical (unpaired) electrons. The second-order valence-corrected chi connectivity index (χ2v) is 7.49. The number of nitrogens with zero attached hydrogens (tertiary/aromatic N) is 2. The average molecular weight is 461 g/mol. The topological polar surface area (TPSA) is 88.6 Å². The van der Waals surface area contributed by atoms with Crippen molar-refractivity contribution in [3.63, 3.8) is 0 Å². The van der Waals surface area contributed by atoms with Crippen LogP contribution in [0.1, 0.15) is 21.6 Å². The molecule has 0 aliphatic heterocycles. The van der Waals surface area contributed by atoms with Gasteiger partial charge in [0, 0.05) is 10.6 Å². The lowest BCUT2D eigenvalue weighted by Gasteiger charge is -2.11. The molecule has 0 saturated heterocycles. The van der Waals surface area contributed by atoms with E-state index in [0.717, 1.165) is 16.7 Å². The highest BCUT2D eigenvalue weighted by Gasteiger charge is 2.11. The molecule has 0 aliphatic rings. The molecule has 8 heteroatoms. The van der Waals surface area contributed by atoms with Gasteiger partial charge in [0.1, 0.15) is 12.3 Å². The summed E-state index contributed by atoms with van der Waals surface area (Å²) in [6, 6.07) is 24.1. The number of halogens is 1. The van der Waals surface area contributed by atoms with E-state index < -0.39 is 5.91 Å². The Hall–Kier alpha value is -4.10. The van der Waals surface area contributed by atoms with E-state index >= 15 is 0 Å². The van der Waals surface area contributed by atoms with Crippen LogP contribution in [0.2, 0.25) is 5.02 Å². The number of H-pyrrole nitrogens is 1. The van der Waals surface area contributed by atoms with Gasteiger partial charge in [-0.3, -0.25) is 9.89 Å². The maximum atomic E-state index is 12.4. The average Bonchev–Trinajstić information content (AvgIpc) is 3.34. The van der Waals surface area contributed by atoms with Crippen molar-refractivity contribution in [3.8, 4) is 22.8 Å². The van der Waals surface area contributed by atoms with Crippen LogP contribution in [0, 0.1) is 0 Å². The lowest BCUT2D eigenvalue weighted by atomic mass is 10.1. The number of carbonyl (C=O) groups is 1. The van der Waals surface area contributed by atoms with Crippen LogP contribution in [0.4, 0.5) is 0 Å². The minimum absolute atomic E-state index is 0.291. The molecule has 1 heterocycles. The molecule has 166 valence electrons. The number of nitrogens with one attached hydrogen (secondary N) is 2. The molecule has 0 saturated carbocycles. The summed E-state index contributed by atoms with van der Waals surface area (Å²) in [4.78, 5) is 12.4. The largest absolute Gasteiger partial charge is 0.493 e. The Morgan fingerprint density at radius 1 is 1.06 bits per heavy atom. The van der Waals surface area contributed by atoms with Crippen LogP contribution in [0.5, 0.6) is 11.5 Å². The molecule has 0 bridgehead atoms. The number of hydrogen-bond donors (Lipinski definition) is 2. The Morgan fingerprint density at radius 3 is 2.61 bits per heavy atom. The Labute approximate surface area is 196 Å². The number of hydrogen-bond acceptors (Lipinski definition) is 5. The van der Waals surface area contributed by atoms with Gasteiger partial charge in [-0.05, 0) is 47.5 Å². The number of benzene rings is 3. The Morgan fingerprint density at radius 2 is 1.85 bits per heavy atom. The first-order valence-electron chi connectivity index (χ1n) is 10.1. The molecule has 0 unspecified atom stereocenters. The van der Waals surface area contributed by atoms with E-state index in [-0.39, 0.29) is 0 Å². The number of carbonyl (C=O) groups excluding carboxylic acids is 1. The predicted octanol–water partition coefficient (Wildman–Crippen LogP) is 5.08. The van der Waals surface area contributed by atoms with Crippen LogP contribution in [0.15, 0.2) is 84.0 Å². The smallest absolute Gasteiger partial charge is 0.289 e. The Balaban J connectivity index is 1.36. The summed E-state index contributed by atoms with van der Waals surface area (Å²) in [6.45, 7) is 0.433. The van der Waals surface area contributed by atoms with E-state index in [1.54, 1.807) is 37.4 Å². The number of rotatable bonds is 8. The first-order chi connectivity index (χ1) is 16.1. The monoisotopic (exact) mass is 460 g/mol. The zero-order valence-electron chi connectivity index (χ0n) is 17.8. The number of amides is 1. The summed E-state index contributed by atoms with van der Waals surface area (Å²) in [6.07, 6.45) is 1.53. The SMILES string of the molecule is COc1cc(C=NNC(=O)c2cc(-c3ccc(Cl)cc3)n[nH]2)ccc1OCc1ccccc1. The molecule has 33 heavy (non-hydrogen) atoms. The fraction of sp³-hybridized carbons (Fsp3) is 0.0800. The quantitative estimate of drug-likeness (QED) is 0.283. The zero-order valence-corrected chi connectivity index (χ0v) is 18.5. The lowest BCUT2D eigenvalue weighted by Crippen LogP contribution is -2.18. The minimum atomic E-state index is -0.409. The van der Waals surface area contributed by atoms with Crippen molar-refractivity contribution >= 4 is 23.7 Å². The summed E-state index contributed by atoms with van der Waals surface area (Å²) >= 11 is 5.91. The van der Waals surface area contributed by atoms with Gasteiger partial charge in [-0.2, -0.15) is 10.2 Å². The van der Waals surface area contributed by atoms with Gasteiger partial charge in [0.05, 0.1) is 19.0 Å². The number of hydrazone groups is 1. The molecular formula is C25H21ClN4O3. The van der Waals surface area contributed by atoms with Crippen molar-refractivity contribution in [1.82, 2.24) is 15.6 Å². The van der Waals surface area contributed by atoms with Gasteiger partial charge >= 0.3 is 0 Å². The van der Waals surface area contributed by atoms with Crippen molar-refractivity contribution in [2.75, 3.05) is 7.11 Å². The summed E-state index contributed by atoms with van der Waals surface area (Å²) in [5.74, 6) is 0.783. The van der Waals surface area contributed by atoms with Crippen LogP contribution in [-0.2, 0) is 6.61 Å². The third kappa shape index (κ3) is 5.78. The third-order valence-electron chi connectivity index (χ3n) is 4.77. The summed E-state index contributed by atoms with van der Waals surface area (Å²) in [5.41, 5.74) is 6.06. The zero-order chi connectivity index (χ0) is 23.0. The van der Waals surface area contributed by atoms with E-state index in [1.165, 1.54) is 6.21 Å². The molecule has 0 aliphatic carbocycles. The number of aromatic nitrogens is 2. The van der Waals surface area contributed by atoms with Gasteiger partial charge in [-0.15, -0.1) is 0 Å². The summed E-state index contributed by atoms with van der Waals surface area (Å²) in [7, 11) is 1.57. The van der Waals surface area contributed by atoms with Crippen LogP contribution >= 0.6 is 11.6 Å². The molecular weight excluding hydrogens is 440 g/mol. The van der Waals surface area contributed by atoms with Gasteiger partial charge in [0.25, 0.3) is 5.91 Å². The Kier molecular flexibility index (Phi) is 7.02. The highest BCUT2D eigenvalue weighted by atomic mass is 35.5. The number of aromatic amines is 1. The van der Waals surface area contributed by atoms with E-state index in [9.17, 15) is 4.79 Å². The van der Waals surface area contributed by atoms with E-state index in [0.29, 0.717) is 34.5 Å². The van der Waals surface area contributed by atoms with Gasteiger partial charge in [0.2, 0.25) is 0 Å². The molecule has 7 nitrogen and oxygen atoms in total. The molecule has 0 atom stereocenters. The molecule has 1 aromatic heterocycles. The number of methoxy groups -OCH3 is 1. The van der Waals surface area contributed by atoms with Gasteiger partial charge in [0.15, 0.2) is 11.5 Å². The van der Waals surface area contributed by atoms with Gasteiger partial charge in [-0.25, -0.2) is 5.43 Å². The fourth-order valence-electron chi connectivity index (χ4n) is 3.05. The van der Waals surface area contributed by atoms with E-state index in [1.807, 2.05) is 48.5 Å². The molecule has 0 spiro atoms. The van der Waals surface area contributed by atoms with Crippen molar-refractivity contribution in [3.05, 3.63) is 101 Å². The fourth-order valence-corrected chi connectivity index (χ4v) is 3.18. The maximum absolute atomic E-state index is 12.4. The standard InChI is InChI=1S/C25H21ClN4O3/c1-32-24-13-18(7-12-23(24)33-16-17-5-3-2-4-6-17)15-27-30-25(31)22-14-21(28-29-22)19-8-10-20(26)11-9-19/h2-15H,16H2,1H3,(H,28,29)(H,30,31). The van der Waals surface area contributed by atoms with Crippen molar-refractivity contribution in [2.24, 2.45) is 5.10 Å². The van der Waals surface area contributed by atoms with Gasteiger partial charge < -0.3 is 9.47 Å². The molecule has 1 amide bonds. The highest BCUT2D eigenvalue weighted by Crippen LogP contribution is 2.28. The first kappa shape index (κ1) is 22.1. The van der Waals surface area contributed by atoms with Crippen LogP contribution < -0.4 is 14.9 Å². The summed E-state index contributed by atoms with van der Waals surface area (Å²) in [5, 5.41) is 11.5. The molecule has 2 N–H and O–H groups in total. The lowest BCUT2D eigenvalue weighted by molar-refractivity contribution is 0.0950.